The van der Waals surface area contributed by atoms with Crippen LogP contribution in [0, 0.1) is 5.92 Å². The van der Waals surface area contributed by atoms with Crippen LogP contribution < -0.4 is 5.32 Å². The maximum atomic E-state index is 12.2. The third-order valence-electron chi connectivity index (χ3n) is 3.82. The van der Waals surface area contributed by atoms with Crippen LogP contribution in [0.25, 0.3) is 0 Å². The molecule has 1 N–H and O–H groups in total. The van der Waals surface area contributed by atoms with E-state index in [1.165, 1.54) is 11.1 Å². The van der Waals surface area contributed by atoms with Crippen LogP contribution in [0.2, 0.25) is 0 Å². The molecular weight excluding hydrogens is 272 g/mol. The number of aliphatic imine (C=N–C) groups is 1. The molecule has 20 heavy (non-hydrogen) atoms. The van der Waals surface area contributed by atoms with Gasteiger partial charge in [-0.3, -0.25) is 4.79 Å². The zero-order valence-electron chi connectivity index (χ0n) is 11.3. The molecule has 1 heterocycles. The molecule has 104 valence electrons. The van der Waals surface area contributed by atoms with E-state index in [0.29, 0.717) is 11.7 Å². The lowest BCUT2D eigenvalue weighted by Gasteiger charge is -2.22. The van der Waals surface area contributed by atoms with Gasteiger partial charge in [0.1, 0.15) is 12.0 Å². The van der Waals surface area contributed by atoms with E-state index in [1.807, 2.05) is 19.1 Å². The number of fused-ring (bicyclic) bond motifs is 1. The summed E-state index contributed by atoms with van der Waals surface area (Å²) in [7, 11) is 0. The number of benzene rings is 1. The molecule has 0 amide bonds. The summed E-state index contributed by atoms with van der Waals surface area (Å²) in [6, 6.07) is 8.23. The van der Waals surface area contributed by atoms with Crippen molar-refractivity contribution in [3.63, 3.8) is 0 Å². The van der Waals surface area contributed by atoms with Crippen LogP contribution in [-0.2, 0) is 22.4 Å². The van der Waals surface area contributed by atoms with Gasteiger partial charge in [-0.1, -0.05) is 24.3 Å². The van der Waals surface area contributed by atoms with Crippen LogP contribution in [0.4, 0.5) is 0 Å². The summed E-state index contributed by atoms with van der Waals surface area (Å²) < 4.78 is 5.64. The van der Waals surface area contributed by atoms with Gasteiger partial charge in [-0.05, 0) is 30.3 Å². The third-order valence-corrected chi connectivity index (χ3v) is 4.06. The fourth-order valence-corrected chi connectivity index (χ4v) is 2.94. The lowest BCUT2D eigenvalue weighted by atomic mass is 10.0. The topological polar surface area (TPSA) is 50.7 Å². The van der Waals surface area contributed by atoms with Crippen molar-refractivity contribution in [3.05, 3.63) is 35.4 Å². The first-order valence-electron chi connectivity index (χ1n) is 6.74. The van der Waals surface area contributed by atoms with Gasteiger partial charge in [0.25, 0.3) is 0 Å². The summed E-state index contributed by atoms with van der Waals surface area (Å²) >= 11 is 4.96. The van der Waals surface area contributed by atoms with Gasteiger partial charge >= 0.3 is 5.97 Å². The number of hydrogen-bond donors (Lipinski definition) is 1. The first-order chi connectivity index (χ1) is 9.63. The van der Waals surface area contributed by atoms with E-state index in [9.17, 15) is 4.79 Å². The number of nitrogens with one attached hydrogen (secondary N) is 1. The minimum absolute atomic E-state index is 0.0541. The lowest BCUT2D eigenvalue weighted by molar-refractivity contribution is -0.150. The highest BCUT2D eigenvalue weighted by atomic mass is 32.1. The van der Waals surface area contributed by atoms with Gasteiger partial charge in [-0.2, -0.15) is 0 Å². The van der Waals surface area contributed by atoms with Crippen molar-refractivity contribution in [2.24, 2.45) is 10.9 Å². The molecule has 0 aromatic heterocycles. The Morgan fingerprint density at radius 1 is 1.35 bits per heavy atom. The molecule has 0 radical (unpaired) electrons. The van der Waals surface area contributed by atoms with Crippen molar-refractivity contribution >= 4 is 29.0 Å². The molecule has 0 bridgehead atoms. The van der Waals surface area contributed by atoms with Crippen LogP contribution in [0.3, 0.4) is 0 Å². The highest BCUT2D eigenvalue weighted by Gasteiger charge is 2.31. The second-order valence-electron chi connectivity index (χ2n) is 5.23. The van der Waals surface area contributed by atoms with Crippen LogP contribution in [-0.4, -0.2) is 29.4 Å². The van der Waals surface area contributed by atoms with Crippen LogP contribution >= 0.6 is 12.2 Å². The van der Waals surface area contributed by atoms with Crippen molar-refractivity contribution in [2.45, 2.75) is 25.9 Å². The molecule has 1 atom stereocenters. The van der Waals surface area contributed by atoms with E-state index < -0.39 is 0 Å². The molecule has 0 fully saturated rings. The Balaban J connectivity index is 1.64. The minimum atomic E-state index is -0.328. The molecule has 0 spiro atoms. The van der Waals surface area contributed by atoms with Gasteiger partial charge in [-0.15, -0.1) is 0 Å². The quantitative estimate of drug-likeness (QED) is 0.664. The molecule has 5 heteroatoms. The van der Waals surface area contributed by atoms with Crippen molar-refractivity contribution in [1.29, 1.82) is 0 Å². The van der Waals surface area contributed by atoms with Crippen LogP contribution in [0.1, 0.15) is 18.1 Å². The summed E-state index contributed by atoms with van der Waals surface area (Å²) in [5, 5.41) is 3.37. The number of thiocarbonyl (C=S) groups is 1. The highest BCUT2D eigenvalue weighted by Crippen LogP contribution is 2.24. The number of esters is 1. The van der Waals surface area contributed by atoms with Gasteiger partial charge in [0.05, 0.1) is 0 Å². The highest BCUT2D eigenvalue weighted by molar-refractivity contribution is 7.80. The van der Waals surface area contributed by atoms with Crippen molar-refractivity contribution in [2.75, 3.05) is 6.54 Å². The van der Waals surface area contributed by atoms with E-state index >= 15 is 0 Å². The normalized spacial score (nSPS) is 21.9. The number of hydrogen-bond acceptors (Lipinski definition) is 3. The van der Waals surface area contributed by atoms with Gasteiger partial charge in [0.2, 0.25) is 0 Å². The van der Waals surface area contributed by atoms with Gasteiger partial charge in [0, 0.05) is 25.1 Å². The monoisotopic (exact) mass is 288 g/mol. The lowest BCUT2D eigenvalue weighted by Crippen LogP contribution is -2.42. The molecule has 1 aliphatic carbocycles. The standard InChI is InChI=1S/C15H16N2O2S/c1-9-13(8-16-15(20)17-9)14(18)19-12-6-10-4-2-3-5-11(10)7-12/h2-5,12-13H,6-8H2,1H3,(H,16,20). The summed E-state index contributed by atoms with van der Waals surface area (Å²) in [5.41, 5.74) is 3.28. The van der Waals surface area contributed by atoms with Gasteiger partial charge in [-0.25, -0.2) is 4.99 Å². The molecule has 0 saturated carbocycles. The van der Waals surface area contributed by atoms with Gasteiger partial charge in [0.15, 0.2) is 5.11 Å². The second-order valence-corrected chi connectivity index (χ2v) is 5.61. The van der Waals surface area contributed by atoms with E-state index in [-0.39, 0.29) is 18.0 Å². The Morgan fingerprint density at radius 3 is 2.60 bits per heavy atom. The van der Waals surface area contributed by atoms with Crippen molar-refractivity contribution in [1.82, 2.24) is 5.32 Å². The Labute approximate surface area is 123 Å². The van der Waals surface area contributed by atoms with Crippen molar-refractivity contribution in [3.8, 4) is 0 Å². The Morgan fingerprint density at radius 2 is 2.00 bits per heavy atom. The average Bonchev–Trinajstić information content (AvgIpc) is 2.80. The zero-order valence-corrected chi connectivity index (χ0v) is 12.1. The molecule has 1 aliphatic heterocycles. The summed E-state index contributed by atoms with van der Waals surface area (Å²) in [6.45, 7) is 2.30. The summed E-state index contributed by atoms with van der Waals surface area (Å²) in [5.74, 6) is -0.538. The summed E-state index contributed by atoms with van der Waals surface area (Å²) in [4.78, 5) is 16.4. The summed E-state index contributed by atoms with van der Waals surface area (Å²) in [6.07, 6.45) is 1.55. The van der Waals surface area contributed by atoms with Gasteiger partial charge < -0.3 is 10.1 Å². The van der Waals surface area contributed by atoms with E-state index in [1.54, 1.807) is 0 Å². The second kappa shape index (κ2) is 5.32. The maximum absolute atomic E-state index is 12.2. The molecule has 3 rings (SSSR count). The van der Waals surface area contributed by atoms with Crippen LogP contribution in [0.5, 0.6) is 0 Å². The van der Waals surface area contributed by atoms with Crippen molar-refractivity contribution < 1.29 is 9.53 Å². The minimum Gasteiger partial charge on any atom is -0.461 e. The predicted octanol–water partition coefficient (Wildman–Crippen LogP) is 1.66. The van der Waals surface area contributed by atoms with E-state index in [4.69, 9.17) is 17.0 Å². The number of carbonyl (C=O) groups excluding carboxylic acids is 1. The smallest absolute Gasteiger partial charge is 0.316 e. The Kier molecular flexibility index (Phi) is 3.53. The predicted molar refractivity (Wildman–Crippen MR) is 80.9 cm³/mol. The molecule has 0 saturated heterocycles. The molecular formula is C15H16N2O2S. The Hall–Kier alpha value is -1.75. The Bertz CT molecular complexity index is 572. The number of nitrogens with zero attached hydrogens (tertiary/aromatic N) is 1. The largest absolute Gasteiger partial charge is 0.461 e. The maximum Gasteiger partial charge on any atom is 0.316 e. The molecule has 1 aromatic carbocycles. The molecule has 4 nitrogen and oxygen atoms in total. The number of ether oxygens (including phenoxy) is 1. The third kappa shape index (κ3) is 2.58. The average molecular weight is 288 g/mol. The zero-order chi connectivity index (χ0) is 14.1. The number of rotatable bonds is 2. The van der Waals surface area contributed by atoms with Crippen LogP contribution in [0.15, 0.2) is 29.3 Å². The molecule has 1 aromatic rings. The fraction of sp³-hybridized carbons (Fsp3) is 0.400. The van der Waals surface area contributed by atoms with E-state index in [2.05, 4.69) is 22.4 Å². The first-order valence-corrected chi connectivity index (χ1v) is 7.14. The SMILES string of the molecule is CC1=NC(=S)NCC1C(=O)OC1Cc2ccccc2C1. The molecule has 2 aliphatic rings. The number of carbonyl (C=O) groups is 1. The molecule has 1 unspecified atom stereocenters. The fourth-order valence-electron chi connectivity index (χ4n) is 2.72. The first kappa shape index (κ1) is 13.2. The van der Waals surface area contributed by atoms with E-state index in [0.717, 1.165) is 18.6 Å².